The van der Waals surface area contributed by atoms with E-state index in [0.717, 1.165) is 37.3 Å². The third kappa shape index (κ3) is 7.43. The molecule has 0 radical (unpaired) electrons. The van der Waals surface area contributed by atoms with Gasteiger partial charge in [0.2, 0.25) is 10.0 Å². The normalized spacial score (nSPS) is 11.5. The molecule has 0 aliphatic heterocycles. The summed E-state index contributed by atoms with van der Waals surface area (Å²) in [6, 6.07) is 18.1. The van der Waals surface area contributed by atoms with Crippen LogP contribution >= 0.6 is 0 Å². The van der Waals surface area contributed by atoms with Crippen molar-refractivity contribution in [3.8, 4) is 5.75 Å². The van der Waals surface area contributed by atoms with Crippen LogP contribution in [0, 0.1) is 0 Å². The molecule has 164 valence electrons. The minimum atomic E-state index is -3.57. The van der Waals surface area contributed by atoms with Gasteiger partial charge in [0.05, 0.1) is 12.0 Å². The third-order valence-corrected chi connectivity index (χ3v) is 6.39. The molecule has 2 heterocycles. The molecule has 0 aliphatic carbocycles. The average molecular weight is 441 g/mol. The smallest absolute Gasteiger partial charge is 0.240 e. The molecule has 3 aromatic rings. The van der Waals surface area contributed by atoms with E-state index in [0.29, 0.717) is 18.8 Å². The maximum absolute atomic E-state index is 12.6. The molecule has 0 bridgehead atoms. The van der Waals surface area contributed by atoms with Crippen LogP contribution in [0.5, 0.6) is 5.75 Å². The Morgan fingerprint density at radius 1 is 0.839 bits per heavy atom. The Kier molecular flexibility index (Phi) is 8.52. The summed E-state index contributed by atoms with van der Waals surface area (Å²) < 4.78 is 33.0. The second kappa shape index (κ2) is 11.5. The lowest BCUT2D eigenvalue weighted by Gasteiger charge is -2.22. The summed E-state index contributed by atoms with van der Waals surface area (Å²) >= 11 is 0. The Bertz CT molecular complexity index is 970. The van der Waals surface area contributed by atoms with Gasteiger partial charge in [-0.25, -0.2) is 13.1 Å². The molecule has 0 amide bonds. The van der Waals surface area contributed by atoms with Crippen LogP contribution in [-0.4, -0.2) is 56.6 Å². The van der Waals surface area contributed by atoms with Gasteiger partial charge in [0.25, 0.3) is 0 Å². The fourth-order valence-electron chi connectivity index (χ4n) is 3.15. The maximum atomic E-state index is 12.6. The number of methoxy groups -OCH3 is 1. The number of ether oxygens (including phenoxy) is 1. The molecule has 0 saturated carbocycles. The van der Waals surface area contributed by atoms with Crippen molar-refractivity contribution < 1.29 is 13.2 Å². The van der Waals surface area contributed by atoms with Crippen LogP contribution in [0.4, 0.5) is 0 Å². The predicted molar refractivity (Wildman–Crippen MR) is 121 cm³/mol. The summed E-state index contributed by atoms with van der Waals surface area (Å²) in [5.41, 5.74) is 2.04. The first kappa shape index (κ1) is 22.9. The average Bonchev–Trinajstić information content (AvgIpc) is 2.81. The van der Waals surface area contributed by atoms with E-state index in [4.69, 9.17) is 4.74 Å². The molecule has 8 heteroatoms. The van der Waals surface area contributed by atoms with Crippen molar-refractivity contribution in [3.63, 3.8) is 0 Å². The summed E-state index contributed by atoms with van der Waals surface area (Å²) in [4.78, 5) is 11.2. The molecule has 0 aliphatic rings. The molecule has 0 atom stereocenters. The molecule has 7 nitrogen and oxygen atoms in total. The third-order valence-electron chi connectivity index (χ3n) is 4.91. The van der Waals surface area contributed by atoms with Crippen molar-refractivity contribution >= 4 is 10.0 Å². The summed E-state index contributed by atoms with van der Waals surface area (Å²) in [5.74, 6) is 0.620. The summed E-state index contributed by atoms with van der Waals surface area (Å²) in [6.07, 6.45) is 5.18. The zero-order valence-electron chi connectivity index (χ0n) is 17.6. The molecular weight excluding hydrogens is 412 g/mol. The van der Waals surface area contributed by atoms with Crippen LogP contribution in [0.15, 0.2) is 78.0 Å². The monoisotopic (exact) mass is 440 g/mol. The molecule has 1 aromatic carbocycles. The minimum Gasteiger partial charge on any atom is -0.497 e. The highest BCUT2D eigenvalue weighted by atomic mass is 32.2. The number of pyridine rings is 2. The highest BCUT2D eigenvalue weighted by molar-refractivity contribution is 7.89. The number of hydrogen-bond acceptors (Lipinski definition) is 6. The van der Waals surface area contributed by atoms with Gasteiger partial charge in [0.1, 0.15) is 5.75 Å². The SMILES string of the molecule is COc1ccc(S(=O)(=O)NCCN(CCc2ccccn2)CCc2ccccn2)cc1. The van der Waals surface area contributed by atoms with Gasteiger partial charge in [-0.3, -0.25) is 9.97 Å². The molecule has 0 saturated heterocycles. The van der Waals surface area contributed by atoms with Gasteiger partial charge < -0.3 is 9.64 Å². The Balaban J connectivity index is 1.57. The van der Waals surface area contributed by atoms with Crippen LogP contribution in [0.2, 0.25) is 0 Å². The topological polar surface area (TPSA) is 84.4 Å². The second-order valence-electron chi connectivity index (χ2n) is 7.06. The molecule has 0 spiro atoms. The van der Waals surface area contributed by atoms with Crippen LogP contribution in [-0.2, 0) is 22.9 Å². The van der Waals surface area contributed by atoms with Gasteiger partial charge in [-0.15, -0.1) is 0 Å². The van der Waals surface area contributed by atoms with Crippen LogP contribution in [0.1, 0.15) is 11.4 Å². The second-order valence-corrected chi connectivity index (χ2v) is 8.82. The van der Waals surface area contributed by atoms with Gasteiger partial charge in [0.15, 0.2) is 0 Å². The summed E-state index contributed by atoms with van der Waals surface area (Å²) in [6.45, 7) is 2.48. The number of nitrogens with zero attached hydrogens (tertiary/aromatic N) is 3. The van der Waals surface area contributed by atoms with Crippen molar-refractivity contribution in [2.45, 2.75) is 17.7 Å². The zero-order chi connectivity index (χ0) is 21.9. The van der Waals surface area contributed by atoms with Gasteiger partial charge in [-0.2, -0.15) is 0 Å². The number of hydrogen-bond donors (Lipinski definition) is 1. The highest BCUT2D eigenvalue weighted by Gasteiger charge is 2.15. The number of aromatic nitrogens is 2. The van der Waals surface area contributed by atoms with E-state index in [9.17, 15) is 8.42 Å². The largest absolute Gasteiger partial charge is 0.497 e. The van der Waals surface area contributed by atoms with E-state index in [1.54, 1.807) is 43.8 Å². The molecule has 0 fully saturated rings. The van der Waals surface area contributed by atoms with Crippen LogP contribution in [0.25, 0.3) is 0 Å². The zero-order valence-corrected chi connectivity index (χ0v) is 18.5. The molecule has 31 heavy (non-hydrogen) atoms. The van der Waals surface area contributed by atoms with Crippen LogP contribution in [0.3, 0.4) is 0 Å². The van der Waals surface area contributed by atoms with E-state index in [-0.39, 0.29) is 4.90 Å². The van der Waals surface area contributed by atoms with Gasteiger partial charge in [0, 0.05) is 62.8 Å². The van der Waals surface area contributed by atoms with E-state index < -0.39 is 10.0 Å². The maximum Gasteiger partial charge on any atom is 0.240 e. The molecule has 1 N–H and O–H groups in total. The van der Waals surface area contributed by atoms with E-state index in [1.165, 1.54) is 0 Å². The fourth-order valence-corrected chi connectivity index (χ4v) is 4.17. The lowest BCUT2D eigenvalue weighted by Crippen LogP contribution is -2.37. The first-order valence-electron chi connectivity index (χ1n) is 10.2. The first-order valence-corrected chi connectivity index (χ1v) is 11.7. The van der Waals surface area contributed by atoms with Crippen molar-refractivity contribution in [1.29, 1.82) is 0 Å². The fraction of sp³-hybridized carbons (Fsp3) is 0.304. The number of benzene rings is 1. The van der Waals surface area contributed by atoms with Crippen molar-refractivity contribution in [3.05, 3.63) is 84.4 Å². The Hall–Kier alpha value is -2.81. The van der Waals surface area contributed by atoms with E-state index >= 15 is 0 Å². The molecule has 0 unspecified atom stereocenters. The van der Waals surface area contributed by atoms with Crippen molar-refractivity contribution in [2.75, 3.05) is 33.3 Å². The molecule has 2 aromatic heterocycles. The number of nitrogens with one attached hydrogen (secondary N) is 1. The van der Waals surface area contributed by atoms with E-state index in [1.807, 2.05) is 36.4 Å². The summed E-state index contributed by atoms with van der Waals surface area (Å²) in [7, 11) is -2.02. The first-order chi connectivity index (χ1) is 15.1. The standard InChI is InChI=1S/C23H28N4O3S/c1-30-22-8-10-23(11-9-22)31(28,29)26-16-19-27(17-12-20-6-2-4-14-24-20)18-13-21-7-3-5-15-25-21/h2-11,14-15,26H,12-13,16-19H2,1H3. The van der Waals surface area contributed by atoms with Crippen molar-refractivity contribution in [1.82, 2.24) is 19.6 Å². The Morgan fingerprint density at radius 2 is 1.42 bits per heavy atom. The number of rotatable bonds is 12. The van der Waals surface area contributed by atoms with Gasteiger partial charge >= 0.3 is 0 Å². The molecular formula is C23H28N4O3S. The predicted octanol–water partition coefficient (Wildman–Crippen LogP) is 2.55. The van der Waals surface area contributed by atoms with Gasteiger partial charge in [-0.05, 0) is 48.5 Å². The quantitative estimate of drug-likeness (QED) is 0.466. The van der Waals surface area contributed by atoms with Gasteiger partial charge in [-0.1, -0.05) is 12.1 Å². The Labute approximate surface area is 184 Å². The highest BCUT2D eigenvalue weighted by Crippen LogP contribution is 2.15. The minimum absolute atomic E-state index is 0.224. The van der Waals surface area contributed by atoms with Crippen molar-refractivity contribution in [2.24, 2.45) is 0 Å². The lowest BCUT2D eigenvalue weighted by molar-refractivity contribution is 0.283. The number of sulfonamides is 1. The van der Waals surface area contributed by atoms with E-state index in [2.05, 4.69) is 19.6 Å². The lowest BCUT2D eigenvalue weighted by atomic mass is 10.2. The van der Waals surface area contributed by atoms with Crippen LogP contribution < -0.4 is 9.46 Å². The summed E-state index contributed by atoms with van der Waals surface area (Å²) in [5, 5.41) is 0. The Morgan fingerprint density at radius 3 is 1.90 bits per heavy atom. The molecule has 3 rings (SSSR count).